The minimum atomic E-state index is -1.36. The van der Waals surface area contributed by atoms with Crippen LogP contribution in [0.3, 0.4) is 0 Å². The number of phenolic OH excluding ortho intramolecular Hbond substituents is 1. The van der Waals surface area contributed by atoms with Gasteiger partial charge in [-0.05, 0) is 49.9 Å². The minimum absolute atomic E-state index is 0.194. The lowest BCUT2D eigenvalue weighted by Crippen LogP contribution is -2.06. The molecule has 6 heteroatoms. The van der Waals surface area contributed by atoms with Crippen molar-refractivity contribution in [2.45, 2.75) is 26.7 Å². The van der Waals surface area contributed by atoms with E-state index in [9.17, 15) is 15.0 Å². The van der Waals surface area contributed by atoms with Crippen LogP contribution in [0.15, 0.2) is 60.7 Å². The lowest BCUT2D eigenvalue weighted by Gasteiger charge is -2.10. The molecule has 0 saturated heterocycles. The molecule has 0 bridgehead atoms. The molecule has 3 N–H and O–H groups in total. The van der Waals surface area contributed by atoms with Crippen LogP contribution in [0, 0.1) is 13.8 Å². The molecule has 0 unspecified atom stereocenters. The van der Waals surface area contributed by atoms with E-state index >= 15 is 0 Å². The number of benzene rings is 3. The van der Waals surface area contributed by atoms with Crippen molar-refractivity contribution in [2.24, 2.45) is 0 Å². The van der Waals surface area contributed by atoms with Crippen molar-refractivity contribution in [1.82, 2.24) is 4.98 Å². The van der Waals surface area contributed by atoms with Crippen LogP contribution >= 0.6 is 0 Å². The first-order valence-corrected chi connectivity index (χ1v) is 10.5. The van der Waals surface area contributed by atoms with Gasteiger partial charge in [0.25, 0.3) is 0 Å². The third kappa shape index (κ3) is 4.25. The molecule has 0 aliphatic rings. The average molecular weight is 431 g/mol. The summed E-state index contributed by atoms with van der Waals surface area (Å²) >= 11 is 0. The Balaban J connectivity index is 1.62. The quantitative estimate of drug-likeness (QED) is 0.238. The maximum atomic E-state index is 11.3. The topological polar surface area (TPSA) is 91.8 Å². The van der Waals surface area contributed by atoms with Gasteiger partial charge in [-0.15, -0.1) is 0 Å². The number of para-hydroxylation sites is 1. The molecule has 0 radical (unpaired) electrons. The standard InChI is InChI=1S/C26H25NO5/c1-16-8-3-4-9-18(16)19-10-5-11-20-21(25(27-24(19)20)32-26(29)30)12-7-15-31-23-14-6-13-22(28)17(23)2/h3-6,8-11,13-14,27-28H,7,12,15H2,1-2H3,(H,29,30). The predicted octanol–water partition coefficient (Wildman–Crippen LogP) is 6.23. The zero-order valence-electron chi connectivity index (χ0n) is 18.0. The average Bonchev–Trinajstić information content (AvgIpc) is 3.11. The van der Waals surface area contributed by atoms with E-state index in [0.717, 1.165) is 33.2 Å². The van der Waals surface area contributed by atoms with Gasteiger partial charge < -0.3 is 24.7 Å². The molecule has 0 amide bonds. The summed E-state index contributed by atoms with van der Waals surface area (Å²) in [6, 6.07) is 19.2. The molecule has 0 fully saturated rings. The summed E-state index contributed by atoms with van der Waals surface area (Å²) in [6.07, 6.45) is -0.147. The highest BCUT2D eigenvalue weighted by Crippen LogP contribution is 2.37. The number of carbonyl (C=O) groups is 1. The maximum absolute atomic E-state index is 11.3. The SMILES string of the molecule is Cc1ccccc1-c1cccc2c(CCCOc3cccc(O)c3C)c(OC(=O)O)[nH]c12. The maximum Gasteiger partial charge on any atom is 0.512 e. The highest BCUT2D eigenvalue weighted by Gasteiger charge is 2.18. The second kappa shape index (κ2) is 9.06. The summed E-state index contributed by atoms with van der Waals surface area (Å²) in [6.45, 7) is 4.27. The molecule has 32 heavy (non-hydrogen) atoms. The molecular weight excluding hydrogens is 406 g/mol. The molecule has 0 atom stereocenters. The number of aromatic nitrogens is 1. The number of fused-ring (bicyclic) bond motifs is 1. The zero-order valence-corrected chi connectivity index (χ0v) is 18.0. The van der Waals surface area contributed by atoms with Crippen LogP contribution in [0.1, 0.15) is 23.1 Å². The van der Waals surface area contributed by atoms with E-state index < -0.39 is 6.16 Å². The number of aromatic hydroxyl groups is 1. The second-order valence-corrected chi connectivity index (χ2v) is 7.70. The third-order valence-electron chi connectivity index (χ3n) is 5.61. The predicted molar refractivity (Wildman–Crippen MR) is 124 cm³/mol. The molecular formula is C26H25NO5. The first kappa shape index (κ1) is 21.3. The number of hydrogen-bond donors (Lipinski definition) is 3. The molecule has 4 rings (SSSR count). The molecule has 0 aliphatic carbocycles. The normalized spacial score (nSPS) is 10.9. The molecule has 1 heterocycles. The van der Waals surface area contributed by atoms with E-state index in [1.165, 1.54) is 0 Å². The molecule has 4 aromatic rings. The van der Waals surface area contributed by atoms with Gasteiger partial charge in [0.15, 0.2) is 0 Å². The van der Waals surface area contributed by atoms with Crippen LogP contribution in [0.25, 0.3) is 22.0 Å². The van der Waals surface area contributed by atoms with Crippen molar-refractivity contribution < 1.29 is 24.5 Å². The van der Waals surface area contributed by atoms with E-state index in [-0.39, 0.29) is 11.6 Å². The Bertz CT molecular complexity index is 1270. The van der Waals surface area contributed by atoms with Gasteiger partial charge in [0, 0.05) is 22.1 Å². The van der Waals surface area contributed by atoms with Crippen LogP contribution < -0.4 is 9.47 Å². The fourth-order valence-electron chi connectivity index (χ4n) is 3.96. The Morgan fingerprint density at radius 3 is 2.50 bits per heavy atom. The van der Waals surface area contributed by atoms with Crippen molar-refractivity contribution in [1.29, 1.82) is 0 Å². The Labute approximate surface area is 186 Å². The summed E-state index contributed by atoms with van der Waals surface area (Å²) in [5.41, 5.74) is 5.54. The molecule has 0 aliphatic heterocycles. The van der Waals surface area contributed by atoms with E-state index in [2.05, 4.69) is 4.98 Å². The zero-order chi connectivity index (χ0) is 22.7. The summed E-state index contributed by atoms with van der Waals surface area (Å²) in [4.78, 5) is 14.5. The number of ether oxygens (including phenoxy) is 2. The monoisotopic (exact) mass is 431 g/mol. The first-order valence-electron chi connectivity index (χ1n) is 10.5. The summed E-state index contributed by atoms with van der Waals surface area (Å²) in [7, 11) is 0. The minimum Gasteiger partial charge on any atom is -0.508 e. The number of aryl methyl sites for hydroxylation is 2. The number of aromatic amines is 1. The highest BCUT2D eigenvalue weighted by molar-refractivity contribution is 5.98. The van der Waals surface area contributed by atoms with Crippen molar-refractivity contribution in [3.63, 3.8) is 0 Å². The molecule has 1 aromatic heterocycles. The van der Waals surface area contributed by atoms with E-state index in [1.54, 1.807) is 19.1 Å². The number of hydrogen-bond acceptors (Lipinski definition) is 4. The molecule has 3 aromatic carbocycles. The largest absolute Gasteiger partial charge is 0.512 e. The van der Waals surface area contributed by atoms with Crippen molar-refractivity contribution in [3.8, 4) is 28.5 Å². The number of H-pyrrole nitrogens is 1. The van der Waals surface area contributed by atoms with Gasteiger partial charge >= 0.3 is 6.16 Å². The molecule has 0 saturated carbocycles. The lowest BCUT2D eigenvalue weighted by atomic mass is 9.97. The van der Waals surface area contributed by atoms with Gasteiger partial charge in [-0.3, -0.25) is 0 Å². The van der Waals surface area contributed by atoms with Crippen LogP contribution in [0.2, 0.25) is 0 Å². The van der Waals surface area contributed by atoms with Gasteiger partial charge in [0.1, 0.15) is 11.5 Å². The Hall–Kier alpha value is -3.93. The number of nitrogens with one attached hydrogen (secondary N) is 1. The fourth-order valence-corrected chi connectivity index (χ4v) is 3.96. The van der Waals surface area contributed by atoms with Crippen molar-refractivity contribution >= 4 is 17.1 Å². The first-order chi connectivity index (χ1) is 15.5. The number of rotatable bonds is 7. The molecule has 6 nitrogen and oxygen atoms in total. The van der Waals surface area contributed by atoms with Crippen LogP contribution in [-0.4, -0.2) is 28.0 Å². The fraction of sp³-hybridized carbons (Fsp3) is 0.192. The van der Waals surface area contributed by atoms with Crippen LogP contribution in [0.5, 0.6) is 17.4 Å². The van der Waals surface area contributed by atoms with Gasteiger partial charge in [-0.25, -0.2) is 4.79 Å². The Morgan fingerprint density at radius 2 is 1.72 bits per heavy atom. The summed E-state index contributed by atoms with van der Waals surface area (Å²) in [5, 5.41) is 20.0. The van der Waals surface area contributed by atoms with Crippen LogP contribution in [0.4, 0.5) is 4.79 Å². The van der Waals surface area contributed by atoms with Gasteiger partial charge in [0.2, 0.25) is 5.88 Å². The molecule has 164 valence electrons. The number of carboxylic acid groups (broad SMARTS) is 1. The number of phenols is 1. The highest BCUT2D eigenvalue weighted by atomic mass is 16.7. The summed E-state index contributed by atoms with van der Waals surface area (Å²) < 4.78 is 10.9. The van der Waals surface area contributed by atoms with E-state index in [4.69, 9.17) is 9.47 Å². The Kier molecular flexibility index (Phi) is 6.03. The van der Waals surface area contributed by atoms with Crippen LogP contribution in [-0.2, 0) is 6.42 Å². The van der Waals surface area contributed by atoms with Crippen molar-refractivity contribution in [2.75, 3.05) is 6.61 Å². The van der Waals surface area contributed by atoms with E-state index in [1.807, 2.05) is 55.5 Å². The van der Waals surface area contributed by atoms with Crippen molar-refractivity contribution in [3.05, 3.63) is 77.4 Å². The smallest absolute Gasteiger partial charge is 0.508 e. The lowest BCUT2D eigenvalue weighted by molar-refractivity contribution is 0.142. The molecule has 0 spiro atoms. The van der Waals surface area contributed by atoms with Gasteiger partial charge in [-0.2, -0.15) is 0 Å². The van der Waals surface area contributed by atoms with Gasteiger partial charge in [0.05, 0.1) is 12.1 Å². The third-order valence-corrected chi connectivity index (χ3v) is 5.61. The summed E-state index contributed by atoms with van der Waals surface area (Å²) in [5.74, 6) is 1.06. The van der Waals surface area contributed by atoms with E-state index in [0.29, 0.717) is 30.8 Å². The Morgan fingerprint density at radius 1 is 0.969 bits per heavy atom. The van der Waals surface area contributed by atoms with Gasteiger partial charge in [-0.1, -0.05) is 48.5 Å². The second-order valence-electron chi connectivity index (χ2n) is 7.70.